The Morgan fingerprint density at radius 1 is 1.42 bits per heavy atom. The summed E-state index contributed by atoms with van der Waals surface area (Å²) in [6.45, 7) is 2.56. The Morgan fingerprint density at radius 2 is 2.17 bits per heavy atom. The molecule has 0 aliphatic carbocycles. The highest BCUT2D eigenvalue weighted by atomic mass is 32.1. The second-order valence-electron chi connectivity index (χ2n) is 5.99. The normalized spacial score (nSPS) is 20.4. The largest absolute Gasteiger partial charge is 0.378 e. The van der Waals surface area contributed by atoms with E-state index in [0.717, 1.165) is 10.6 Å². The number of aromatic nitrogens is 3. The number of carbonyl (C=O) groups excluding carboxylic acids is 2. The molecule has 2 atom stereocenters. The van der Waals surface area contributed by atoms with Gasteiger partial charge in [-0.15, -0.1) is 0 Å². The number of rotatable bonds is 4. The summed E-state index contributed by atoms with van der Waals surface area (Å²) in [6, 6.07) is 0. The van der Waals surface area contributed by atoms with Gasteiger partial charge in [0.1, 0.15) is 5.00 Å². The second-order valence-corrected chi connectivity index (χ2v) is 6.77. The van der Waals surface area contributed by atoms with Gasteiger partial charge < -0.3 is 16.0 Å². The highest BCUT2D eigenvalue weighted by Crippen LogP contribution is 2.35. The molecule has 0 aromatic carbocycles. The number of likely N-dealkylation sites (tertiary alicyclic amines) is 1. The summed E-state index contributed by atoms with van der Waals surface area (Å²) in [5.41, 5.74) is 7.75. The van der Waals surface area contributed by atoms with Gasteiger partial charge in [0, 0.05) is 39.3 Å². The predicted octanol–water partition coefficient (Wildman–Crippen LogP) is 0.568. The number of aryl methyl sites for hydroxylation is 2. The van der Waals surface area contributed by atoms with Crippen molar-refractivity contribution in [1.82, 2.24) is 19.1 Å². The Morgan fingerprint density at radius 3 is 2.75 bits per heavy atom. The molecule has 0 bridgehead atoms. The summed E-state index contributed by atoms with van der Waals surface area (Å²) >= 11 is 1.26. The zero-order chi connectivity index (χ0) is 17.4. The molecule has 3 rings (SSSR count). The van der Waals surface area contributed by atoms with E-state index >= 15 is 0 Å². The lowest BCUT2D eigenvalue weighted by Gasteiger charge is -2.16. The van der Waals surface area contributed by atoms with Crippen LogP contribution in [-0.2, 0) is 11.8 Å². The lowest BCUT2D eigenvalue weighted by molar-refractivity contribution is -0.121. The minimum atomic E-state index is -0.414. The molecule has 3 N–H and O–H groups in total. The van der Waals surface area contributed by atoms with Crippen LogP contribution in [0.5, 0.6) is 0 Å². The van der Waals surface area contributed by atoms with Crippen molar-refractivity contribution < 1.29 is 9.59 Å². The molecule has 1 fully saturated rings. The van der Waals surface area contributed by atoms with Gasteiger partial charge in [0.25, 0.3) is 5.91 Å². The van der Waals surface area contributed by atoms with Crippen LogP contribution in [0.1, 0.15) is 27.5 Å². The molecule has 2 amide bonds. The SMILES string of the molecule is CNc1snc(C)c1C(=O)N1C[C@H](C(N)=O)[C@@H](c2cnn(C)c2)C1. The lowest BCUT2D eigenvalue weighted by atomic mass is 9.90. The molecule has 9 heteroatoms. The van der Waals surface area contributed by atoms with E-state index in [4.69, 9.17) is 5.73 Å². The van der Waals surface area contributed by atoms with Gasteiger partial charge in [-0.3, -0.25) is 14.3 Å². The van der Waals surface area contributed by atoms with Crippen molar-refractivity contribution >= 4 is 28.3 Å². The minimum absolute atomic E-state index is 0.122. The summed E-state index contributed by atoms with van der Waals surface area (Å²) in [5.74, 6) is -1.07. The van der Waals surface area contributed by atoms with Crippen molar-refractivity contribution in [3.05, 3.63) is 29.2 Å². The number of hydrogen-bond acceptors (Lipinski definition) is 6. The van der Waals surface area contributed by atoms with Gasteiger partial charge in [0.15, 0.2) is 0 Å². The summed E-state index contributed by atoms with van der Waals surface area (Å²) in [6.07, 6.45) is 3.59. The average molecular weight is 348 g/mol. The summed E-state index contributed by atoms with van der Waals surface area (Å²) in [7, 11) is 3.58. The van der Waals surface area contributed by atoms with Gasteiger partial charge in [-0.1, -0.05) is 0 Å². The van der Waals surface area contributed by atoms with Crippen molar-refractivity contribution in [3.63, 3.8) is 0 Å². The molecule has 2 aromatic rings. The van der Waals surface area contributed by atoms with E-state index in [-0.39, 0.29) is 11.8 Å². The number of nitrogens with zero attached hydrogens (tertiary/aromatic N) is 4. The van der Waals surface area contributed by atoms with Crippen molar-refractivity contribution in [2.45, 2.75) is 12.8 Å². The summed E-state index contributed by atoms with van der Waals surface area (Å²) < 4.78 is 5.93. The fourth-order valence-corrected chi connectivity index (χ4v) is 3.91. The van der Waals surface area contributed by atoms with Gasteiger partial charge in [-0.25, -0.2) is 0 Å². The number of hydrogen-bond donors (Lipinski definition) is 2. The predicted molar refractivity (Wildman–Crippen MR) is 90.9 cm³/mol. The maximum Gasteiger partial charge on any atom is 0.258 e. The first-order valence-corrected chi connectivity index (χ1v) is 8.40. The van der Waals surface area contributed by atoms with Crippen LogP contribution in [0.2, 0.25) is 0 Å². The number of nitrogens with one attached hydrogen (secondary N) is 1. The molecule has 1 saturated heterocycles. The van der Waals surface area contributed by atoms with Crippen LogP contribution in [0, 0.1) is 12.8 Å². The Hall–Kier alpha value is -2.42. The topological polar surface area (TPSA) is 106 Å². The molecule has 0 radical (unpaired) electrons. The number of nitrogens with two attached hydrogens (primary N) is 1. The monoisotopic (exact) mass is 348 g/mol. The van der Waals surface area contributed by atoms with Crippen LogP contribution >= 0.6 is 11.5 Å². The van der Waals surface area contributed by atoms with E-state index < -0.39 is 11.8 Å². The van der Waals surface area contributed by atoms with E-state index in [1.165, 1.54) is 11.5 Å². The first-order valence-electron chi connectivity index (χ1n) is 7.63. The molecule has 24 heavy (non-hydrogen) atoms. The molecular weight excluding hydrogens is 328 g/mol. The molecule has 1 aliphatic heterocycles. The third-order valence-electron chi connectivity index (χ3n) is 4.43. The highest BCUT2D eigenvalue weighted by molar-refractivity contribution is 7.10. The fraction of sp³-hybridized carbons (Fsp3) is 0.467. The molecule has 1 aliphatic rings. The summed E-state index contributed by atoms with van der Waals surface area (Å²) in [5, 5.41) is 7.90. The van der Waals surface area contributed by atoms with Gasteiger partial charge in [0.2, 0.25) is 5.91 Å². The van der Waals surface area contributed by atoms with Crippen LogP contribution in [0.25, 0.3) is 0 Å². The molecule has 8 nitrogen and oxygen atoms in total. The van der Waals surface area contributed by atoms with Crippen LogP contribution in [0.3, 0.4) is 0 Å². The zero-order valence-corrected chi connectivity index (χ0v) is 14.6. The highest BCUT2D eigenvalue weighted by Gasteiger charge is 2.41. The molecule has 2 aromatic heterocycles. The van der Waals surface area contributed by atoms with Gasteiger partial charge >= 0.3 is 0 Å². The van der Waals surface area contributed by atoms with Crippen molar-refractivity contribution in [2.75, 3.05) is 25.5 Å². The van der Waals surface area contributed by atoms with Crippen molar-refractivity contribution in [1.29, 1.82) is 0 Å². The van der Waals surface area contributed by atoms with Crippen LogP contribution in [-0.4, -0.2) is 51.0 Å². The second kappa shape index (κ2) is 6.23. The maximum atomic E-state index is 12.9. The molecule has 0 spiro atoms. The van der Waals surface area contributed by atoms with Crippen LogP contribution < -0.4 is 11.1 Å². The zero-order valence-electron chi connectivity index (χ0n) is 13.8. The Bertz CT molecular complexity index is 783. The number of carbonyl (C=O) groups is 2. The minimum Gasteiger partial charge on any atom is -0.378 e. The number of amides is 2. The van der Waals surface area contributed by atoms with Gasteiger partial charge in [0.05, 0.1) is 23.4 Å². The smallest absolute Gasteiger partial charge is 0.258 e. The van der Waals surface area contributed by atoms with Gasteiger partial charge in [-0.05, 0) is 24.0 Å². The molecule has 3 heterocycles. The standard InChI is InChI=1S/C15H20N6O2S/c1-8-12(14(17-2)24-19-8)15(23)21-6-10(11(7-21)13(16)22)9-4-18-20(3)5-9/h4-5,10-11,17H,6-7H2,1-3H3,(H2,16,22)/t10-,11+/m1/s1. The maximum absolute atomic E-state index is 12.9. The first-order chi connectivity index (χ1) is 11.4. The van der Waals surface area contributed by atoms with Crippen molar-refractivity contribution in [3.8, 4) is 0 Å². The Balaban J connectivity index is 1.89. The molecule has 0 unspecified atom stereocenters. The Kier molecular flexibility index (Phi) is 4.27. The molecule has 128 valence electrons. The van der Waals surface area contributed by atoms with E-state index in [1.807, 2.05) is 20.2 Å². The molecular formula is C15H20N6O2S. The van der Waals surface area contributed by atoms with Gasteiger partial charge in [-0.2, -0.15) is 9.47 Å². The average Bonchev–Trinajstić information content (AvgIpc) is 3.23. The number of anilines is 1. The van der Waals surface area contributed by atoms with Crippen molar-refractivity contribution in [2.24, 2.45) is 18.7 Å². The third kappa shape index (κ3) is 2.75. The number of primary amides is 1. The summed E-state index contributed by atoms with van der Waals surface area (Å²) in [4.78, 5) is 26.5. The molecule has 0 saturated carbocycles. The first kappa shape index (κ1) is 16.4. The fourth-order valence-electron chi connectivity index (χ4n) is 3.18. The Labute approximate surface area is 143 Å². The van der Waals surface area contributed by atoms with E-state index in [0.29, 0.717) is 24.3 Å². The van der Waals surface area contributed by atoms with E-state index in [9.17, 15) is 9.59 Å². The van der Waals surface area contributed by atoms with E-state index in [1.54, 1.807) is 22.8 Å². The van der Waals surface area contributed by atoms with Crippen LogP contribution in [0.15, 0.2) is 12.4 Å². The third-order valence-corrected chi connectivity index (χ3v) is 5.39. The quantitative estimate of drug-likeness (QED) is 0.840. The van der Waals surface area contributed by atoms with Crippen LogP contribution in [0.4, 0.5) is 5.00 Å². The lowest BCUT2D eigenvalue weighted by Crippen LogP contribution is -2.32. The van der Waals surface area contributed by atoms with E-state index in [2.05, 4.69) is 14.8 Å².